The number of pyridine rings is 1. The van der Waals surface area contributed by atoms with Crippen LogP contribution in [0.1, 0.15) is 25.5 Å². The molecule has 0 unspecified atom stereocenters. The summed E-state index contributed by atoms with van der Waals surface area (Å²) in [6, 6.07) is 14.7. The molecular weight excluding hydrogens is 517 g/mol. The van der Waals surface area contributed by atoms with Crippen LogP contribution in [0.25, 0.3) is 0 Å². The smallest absolute Gasteiger partial charge is 0.335 e. The number of carboxylic acids is 1. The van der Waals surface area contributed by atoms with Gasteiger partial charge in [-0.25, -0.2) is 28.5 Å². The Bertz CT molecular complexity index is 1650. The number of nitrogens with zero attached hydrogens (tertiary/aromatic N) is 4. The van der Waals surface area contributed by atoms with Gasteiger partial charge in [-0.2, -0.15) is 0 Å². The van der Waals surface area contributed by atoms with Gasteiger partial charge in [-0.1, -0.05) is 23.7 Å². The molecule has 0 radical (unpaired) electrons. The van der Waals surface area contributed by atoms with Gasteiger partial charge in [0.25, 0.3) is 5.88 Å². The van der Waals surface area contributed by atoms with Crippen molar-refractivity contribution < 1.29 is 19.0 Å². The van der Waals surface area contributed by atoms with Gasteiger partial charge in [-0.3, -0.25) is 14.3 Å². The Morgan fingerprint density at radius 3 is 2.45 bits per heavy atom. The number of halogens is 2. The van der Waals surface area contributed by atoms with Crippen LogP contribution in [0.2, 0.25) is 5.02 Å². The minimum atomic E-state index is -1.14. The van der Waals surface area contributed by atoms with Crippen LogP contribution >= 0.6 is 11.6 Å². The van der Waals surface area contributed by atoms with Gasteiger partial charge in [0.2, 0.25) is 5.62 Å². The van der Waals surface area contributed by atoms with Gasteiger partial charge < -0.3 is 9.84 Å². The Morgan fingerprint density at radius 2 is 1.82 bits per heavy atom. The van der Waals surface area contributed by atoms with Crippen LogP contribution in [0, 0.1) is 11.7 Å². The normalized spacial score (nSPS) is 13.2. The average Bonchev–Trinajstić information content (AvgIpc) is 2.89. The highest BCUT2D eigenvalue weighted by molar-refractivity contribution is 6.30. The monoisotopic (exact) mass is 539 g/mol. The molecule has 12 heteroatoms. The molecule has 4 aromatic rings. The van der Waals surface area contributed by atoms with Crippen LogP contribution in [-0.2, 0) is 11.3 Å². The standard InChI is InChI=1S/C26H23ClFN5O5/c1-15(23(34)35)16(2)33-25(36)31-24(32(26(33)37)14-17-5-7-18(27)8-6-17)30-19-9-11-20(12-10-19)38-22-21(28)4-3-13-29-22/h3-13,15-16H,14H2,1-2H3,(H,34,35)(H,30,31,36)/t15-,16+/m1/s1. The number of benzene rings is 2. The molecule has 196 valence electrons. The van der Waals surface area contributed by atoms with Gasteiger partial charge in [-0.15, -0.1) is 0 Å². The summed E-state index contributed by atoms with van der Waals surface area (Å²) in [6.07, 6.45) is 1.40. The zero-order valence-corrected chi connectivity index (χ0v) is 21.1. The Labute approximate surface area is 220 Å². The summed E-state index contributed by atoms with van der Waals surface area (Å²) >= 11 is 5.98. The molecule has 4 rings (SSSR count). The highest BCUT2D eigenvalue weighted by atomic mass is 35.5. The number of nitrogens with one attached hydrogen (secondary N) is 1. The zero-order chi connectivity index (χ0) is 27.4. The molecular formula is C26H23ClFN5O5. The van der Waals surface area contributed by atoms with Crippen molar-refractivity contribution in [1.29, 1.82) is 0 Å². The second-order valence-electron chi connectivity index (χ2n) is 8.48. The summed E-state index contributed by atoms with van der Waals surface area (Å²) in [4.78, 5) is 48.8. The molecule has 0 aliphatic rings. The molecule has 0 saturated carbocycles. The summed E-state index contributed by atoms with van der Waals surface area (Å²) in [6.45, 7) is 2.93. The van der Waals surface area contributed by atoms with Crippen LogP contribution in [-0.4, -0.2) is 30.2 Å². The third-order valence-electron chi connectivity index (χ3n) is 5.92. The van der Waals surface area contributed by atoms with E-state index in [1.165, 1.54) is 48.9 Å². The lowest BCUT2D eigenvalue weighted by Crippen LogP contribution is -2.52. The number of ether oxygens (including phenoxy) is 1. The van der Waals surface area contributed by atoms with E-state index in [0.717, 1.165) is 4.57 Å². The lowest BCUT2D eigenvalue weighted by molar-refractivity contribution is -0.142. The van der Waals surface area contributed by atoms with Gasteiger partial charge in [-0.05, 0) is 67.9 Å². The fourth-order valence-electron chi connectivity index (χ4n) is 3.59. The molecule has 38 heavy (non-hydrogen) atoms. The SMILES string of the molecule is C[C@@H](C(=O)O)[C@H](C)n1c(=O)[nH]/c(=N\c2ccc(Oc3ncccc3F)cc2)n(Cc2ccc(Cl)cc2)c1=O. The van der Waals surface area contributed by atoms with Crippen LogP contribution in [0.15, 0.2) is 81.4 Å². The molecule has 2 heterocycles. The summed E-state index contributed by atoms with van der Waals surface area (Å²) < 4.78 is 21.4. The Balaban J connectivity index is 1.78. The molecule has 2 atom stereocenters. The van der Waals surface area contributed by atoms with Crippen molar-refractivity contribution in [2.24, 2.45) is 10.9 Å². The summed E-state index contributed by atoms with van der Waals surface area (Å²) in [7, 11) is 0. The summed E-state index contributed by atoms with van der Waals surface area (Å²) in [5.74, 6) is -2.65. The first kappa shape index (κ1) is 26.6. The van der Waals surface area contributed by atoms with Crippen molar-refractivity contribution in [1.82, 2.24) is 19.1 Å². The van der Waals surface area contributed by atoms with E-state index in [2.05, 4.69) is 15.0 Å². The first-order valence-electron chi connectivity index (χ1n) is 11.5. The van der Waals surface area contributed by atoms with Crippen molar-refractivity contribution >= 4 is 23.3 Å². The largest absolute Gasteiger partial charge is 0.481 e. The molecule has 0 bridgehead atoms. The van der Waals surface area contributed by atoms with E-state index < -0.39 is 35.1 Å². The van der Waals surface area contributed by atoms with Crippen LogP contribution < -0.4 is 21.7 Å². The lowest BCUT2D eigenvalue weighted by Gasteiger charge is -2.19. The number of carboxylic acid groups (broad SMARTS) is 1. The van der Waals surface area contributed by atoms with Crippen LogP contribution in [0.4, 0.5) is 10.1 Å². The maximum Gasteiger partial charge on any atom is 0.335 e. The second kappa shape index (κ2) is 11.3. The van der Waals surface area contributed by atoms with Gasteiger partial charge in [0.05, 0.1) is 24.2 Å². The number of aromatic amines is 1. The third-order valence-corrected chi connectivity index (χ3v) is 6.17. The van der Waals surface area contributed by atoms with Gasteiger partial charge in [0.1, 0.15) is 5.75 Å². The van der Waals surface area contributed by atoms with E-state index >= 15 is 0 Å². The zero-order valence-electron chi connectivity index (χ0n) is 20.3. The highest BCUT2D eigenvalue weighted by Gasteiger charge is 2.25. The maximum atomic E-state index is 13.8. The predicted molar refractivity (Wildman–Crippen MR) is 137 cm³/mol. The molecule has 0 fully saturated rings. The van der Waals surface area contributed by atoms with Crippen molar-refractivity contribution in [3.63, 3.8) is 0 Å². The van der Waals surface area contributed by atoms with E-state index in [1.54, 1.807) is 36.4 Å². The van der Waals surface area contributed by atoms with E-state index in [9.17, 15) is 23.9 Å². The molecule has 0 amide bonds. The quantitative estimate of drug-likeness (QED) is 0.349. The van der Waals surface area contributed by atoms with E-state index in [-0.39, 0.29) is 18.0 Å². The number of aliphatic carboxylic acids is 1. The average molecular weight is 540 g/mol. The van der Waals surface area contributed by atoms with Crippen molar-refractivity contribution in [3.8, 4) is 11.6 Å². The third kappa shape index (κ3) is 5.89. The first-order valence-corrected chi connectivity index (χ1v) is 11.9. The van der Waals surface area contributed by atoms with Crippen molar-refractivity contribution in [3.05, 3.63) is 110 Å². The van der Waals surface area contributed by atoms with Gasteiger partial charge in [0, 0.05) is 11.2 Å². The number of rotatable bonds is 8. The molecule has 0 aliphatic heterocycles. The van der Waals surface area contributed by atoms with Crippen molar-refractivity contribution in [2.75, 3.05) is 0 Å². The topological polar surface area (TPSA) is 132 Å². The van der Waals surface area contributed by atoms with Gasteiger partial charge >= 0.3 is 17.3 Å². The molecule has 2 aromatic heterocycles. The Hall–Kier alpha value is -4.51. The minimum Gasteiger partial charge on any atom is -0.481 e. The molecule has 0 saturated heterocycles. The van der Waals surface area contributed by atoms with Crippen LogP contribution in [0.5, 0.6) is 11.6 Å². The maximum absolute atomic E-state index is 13.8. The number of carbonyl (C=O) groups is 1. The van der Waals surface area contributed by atoms with Crippen molar-refractivity contribution in [2.45, 2.75) is 26.4 Å². The molecule has 2 N–H and O–H groups in total. The fraction of sp³-hybridized carbons (Fsp3) is 0.192. The Morgan fingerprint density at radius 1 is 1.13 bits per heavy atom. The summed E-state index contributed by atoms with van der Waals surface area (Å²) in [5, 5.41) is 9.92. The second-order valence-corrected chi connectivity index (χ2v) is 8.92. The Kier molecular flexibility index (Phi) is 7.87. The van der Waals surface area contributed by atoms with Crippen LogP contribution in [0.3, 0.4) is 0 Å². The first-order chi connectivity index (χ1) is 18.1. The minimum absolute atomic E-state index is 0.0277. The number of hydrogen-bond acceptors (Lipinski definition) is 6. The van der Waals surface area contributed by atoms with E-state index in [4.69, 9.17) is 16.3 Å². The van der Waals surface area contributed by atoms with E-state index in [0.29, 0.717) is 22.0 Å². The predicted octanol–water partition coefficient (Wildman–Crippen LogP) is 3.88. The highest BCUT2D eigenvalue weighted by Crippen LogP contribution is 2.24. The number of H-pyrrole nitrogens is 1. The molecule has 2 aromatic carbocycles. The van der Waals surface area contributed by atoms with Gasteiger partial charge in [0.15, 0.2) is 5.82 Å². The van der Waals surface area contributed by atoms with E-state index in [1.807, 2.05) is 0 Å². The number of hydrogen-bond donors (Lipinski definition) is 2. The number of aromatic nitrogens is 4. The molecule has 0 aliphatic carbocycles. The lowest BCUT2D eigenvalue weighted by atomic mass is 10.0. The molecule has 0 spiro atoms. The summed E-state index contributed by atoms with van der Waals surface area (Å²) in [5.41, 5.74) is -0.512. The fourth-order valence-corrected chi connectivity index (χ4v) is 3.72. The molecule has 10 nitrogen and oxygen atoms in total.